The van der Waals surface area contributed by atoms with Gasteiger partial charge in [-0.1, -0.05) is 0 Å². The molecule has 1 aliphatic heterocycles. The number of aromatic nitrogens is 2. The highest BCUT2D eigenvalue weighted by atomic mass is 19.3. The molecule has 1 aromatic rings. The molecular weight excluding hydrogens is 296 g/mol. The van der Waals surface area contributed by atoms with Crippen molar-refractivity contribution in [2.45, 2.75) is 70.4 Å². The molecule has 2 atom stereocenters. The minimum absolute atomic E-state index is 0.193. The number of rotatable bonds is 2. The lowest BCUT2D eigenvalue weighted by atomic mass is 9.47. The number of hydrogen-bond donors (Lipinski definition) is 1. The fraction of sp³-hybridized carbons (Fsp3) is 0.833. The molecule has 4 fully saturated rings. The molecule has 6 rings (SSSR count). The fourth-order valence-electron chi connectivity index (χ4n) is 6.67. The summed E-state index contributed by atoms with van der Waals surface area (Å²) >= 11 is 0. The van der Waals surface area contributed by atoms with E-state index in [9.17, 15) is 8.78 Å². The lowest BCUT2D eigenvalue weighted by Gasteiger charge is -2.60. The first-order valence-electron chi connectivity index (χ1n) is 9.13. The van der Waals surface area contributed by atoms with Crippen molar-refractivity contribution >= 4 is 5.82 Å². The highest BCUT2D eigenvalue weighted by molar-refractivity contribution is 5.42. The number of nitrogens with one attached hydrogen (secondary N) is 1. The maximum atomic E-state index is 13.7. The van der Waals surface area contributed by atoms with Gasteiger partial charge in [-0.05, 0) is 75.0 Å². The Morgan fingerprint density at radius 1 is 1.13 bits per heavy atom. The van der Waals surface area contributed by atoms with E-state index in [0.29, 0.717) is 6.42 Å². The Labute approximate surface area is 135 Å². The molecule has 0 radical (unpaired) electrons. The second-order valence-electron chi connectivity index (χ2n) is 8.73. The predicted octanol–water partition coefficient (Wildman–Crippen LogP) is 4.40. The van der Waals surface area contributed by atoms with E-state index in [1.54, 1.807) is 0 Å². The Hall–Kier alpha value is -1.13. The standard InChI is InChI=1S/C18H25F2N3/c1-10-2-16-21-15(6-14(17(19)20)23(16)22-10)18-7-11-3-12(8-18)5-13(4-11)9-18/h2,11-15,17,21H,3-9H2,1H3/t11?,12?,13?,14-,15+,18?/m0/s1. The fourth-order valence-corrected chi connectivity index (χ4v) is 6.67. The van der Waals surface area contributed by atoms with Gasteiger partial charge in [0.15, 0.2) is 0 Å². The van der Waals surface area contributed by atoms with Gasteiger partial charge in [0.2, 0.25) is 0 Å². The van der Waals surface area contributed by atoms with E-state index in [-0.39, 0.29) is 11.5 Å². The maximum absolute atomic E-state index is 13.7. The lowest BCUT2D eigenvalue weighted by Crippen LogP contribution is -2.56. The largest absolute Gasteiger partial charge is 0.367 e. The molecule has 1 aromatic heterocycles. The van der Waals surface area contributed by atoms with E-state index in [0.717, 1.165) is 29.3 Å². The molecule has 0 spiro atoms. The molecule has 23 heavy (non-hydrogen) atoms. The molecule has 1 N–H and O–H groups in total. The lowest BCUT2D eigenvalue weighted by molar-refractivity contribution is -0.0723. The second-order valence-corrected chi connectivity index (χ2v) is 8.73. The van der Waals surface area contributed by atoms with Crippen molar-refractivity contribution in [3.05, 3.63) is 11.8 Å². The van der Waals surface area contributed by atoms with Crippen LogP contribution in [0.3, 0.4) is 0 Å². The maximum Gasteiger partial charge on any atom is 0.260 e. The summed E-state index contributed by atoms with van der Waals surface area (Å²) in [7, 11) is 0. The number of alkyl halides is 2. The van der Waals surface area contributed by atoms with Gasteiger partial charge in [0, 0.05) is 12.1 Å². The van der Waals surface area contributed by atoms with Crippen molar-refractivity contribution in [3.63, 3.8) is 0 Å². The van der Waals surface area contributed by atoms with Crippen LogP contribution in [0.25, 0.3) is 0 Å². The van der Waals surface area contributed by atoms with Gasteiger partial charge in [-0.2, -0.15) is 5.10 Å². The monoisotopic (exact) mass is 321 g/mol. The summed E-state index contributed by atoms with van der Waals surface area (Å²) in [5.41, 5.74) is 1.08. The van der Waals surface area contributed by atoms with Gasteiger partial charge in [-0.3, -0.25) is 0 Å². The molecule has 0 saturated heterocycles. The van der Waals surface area contributed by atoms with Crippen molar-refractivity contribution in [3.8, 4) is 0 Å². The van der Waals surface area contributed by atoms with Gasteiger partial charge >= 0.3 is 0 Å². The smallest absolute Gasteiger partial charge is 0.260 e. The van der Waals surface area contributed by atoms with E-state index in [1.165, 1.54) is 43.2 Å². The molecule has 2 heterocycles. The Morgan fingerprint density at radius 2 is 1.74 bits per heavy atom. The molecule has 5 heteroatoms. The summed E-state index contributed by atoms with van der Waals surface area (Å²) in [6.07, 6.45) is 6.10. The average molecular weight is 321 g/mol. The van der Waals surface area contributed by atoms with Crippen molar-refractivity contribution in [1.82, 2.24) is 9.78 Å². The highest BCUT2D eigenvalue weighted by Crippen LogP contribution is 2.62. The van der Waals surface area contributed by atoms with E-state index in [4.69, 9.17) is 0 Å². The van der Waals surface area contributed by atoms with E-state index in [2.05, 4.69) is 10.4 Å². The van der Waals surface area contributed by atoms with Gasteiger partial charge in [0.1, 0.15) is 11.9 Å². The molecule has 0 amide bonds. The third-order valence-corrected chi connectivity index (χ3v) is 7.09. The van der Waals surface area contributed by atoms with Gasteiger partial charge in [-0.15, -0.1) is 0 Å². The van der Waals surface area contributed by atoms with Crippen LogP contribution in [0.15, 0.2) is 6.07 Å². The third kappa shape index (κ3) is 2.07. The van der Waals surface area contributed by atoms with Crippen LogP contribution in [0.1, 0.15) is 56.7 Å². The van der Waals surface area contributed by atoms with Gasteiger partial charge in [-0.25, -0.2) is 13.5 Å². The van der Waals surface area contributed by atoms with Gasteiger partial charge in [0.25, 0.3) is 6.43 Å². The average Bonchev–Trinajstić information content (AvgIpc) is 2.84. The molecule has 126 valence electrons. The number of hydrogen-bond acceptors (Lipinski definition) is 2. The molecule has 0 unspecified atom stereocenters. The van der Waals surface area contributed by atoms with Gasteiger partial charge < -0.3 is 5.32 Å². The van der Waals surface area contributed by atoms with Crippen LogP contribution < -0.4 is 5.32 Å². The SMILES string of the molecule is Cc1cc2n(n1)[C@H](C(F)F)C[C@H](C13CC4CC(CC(C4)C1)C3)N2. The van der Waals surface area contributed by atoms with Crippen LogP contribution in [0, 0.1) is 30.1 Å². The molecule has 3 nitrogen and oxygen atoms in total. The first kappa shape index (κ1) is 14.2. The molecule has 5 aliphatic rings. The van der Waals surface area contributed by atoms with Crippen LogP contribution in [-0.2, 0) is 0 Å². The van der Waals surface area contributed by atoms with Crippen LogP contribution in [0.2, 0.25) is 0 Å². The molecule has 4 saturated carbocycles. The van der Waals surface area contributed by atoms with Crippen LogP contribution in [0.4, 0.5) is 14.6 Å². The summed E-state index contributed by atoms with van der Waals surface area (Å²) < 4.78 is 28.9. The number of aryl methyl sites for hydroxylation is 1. The Kier molecular flexibility index (Phi) is 2.91. The number of nitrogens with zero attached hydrogens (tertiary/aromatic N) is 2. The number of halogens is 2. The first-order valence-corrected chi connectivity index (χ1v) is 9.13. The van der Waals surface area contributed by atoms with Crippen molar-refractivity contribution in [2.24, 2.45) is 23.2 Å². The van der Waals surface area contributed by atoms with E-state index in [1.807, 2.05) is 13.0 Å². The van der Waals surface area contributed by atoms with E-state index >= 15 is 0 Å². The van der Waals surface area contributed by atoms with Crippen molar-refractivity contribution in [1.29, 1.82) is 0 Å². The molecule has 4 aliphatic carbocycles. The summed E-state index contributed by atoms with van der Waals surface area (Å²) in [6.45, 7) is 1.88. The molecular formula is C18H25F2N3. The van der Waals surface area contributed by atoms with E-state index < -0.39 is 12.5 Å². The topological polar surface area (TPSA) is 29.9 Å². The van der Waals surface area contributed by atoms with Crippen molar-refractivity contribution < 1.29 is 8.78 Å². The number of fused-ring (bicyclic) bond motifs is 1. The molecule has 4 bridgehead atoms. The molecule has 0 aromatic carbocycles. The summed E-state index contributed by atoms with van der Waals surface area (Å²) in [5.74, 6) is 3.35. The quantitative estimate of drug-likeness (QED) is 0.875. The normalized spacial score (nSPS) is 44.4. The zero-order valence-electron chi connectivity index (χ0n) is 13.6. The minimum atomic E-state index is -2.34. The summed E-state index contributed by atoms with van der Waals surface area (Å²) in [6, 6.07) is 1.36. The summed E-state index contributed by atoms with van der Waals surface area (Å²) in [5, 5.41) is 7.94. The Balaban J connectivity index is 1.50. The van der Waals surface area contributed by atoms with Crippen LogP contribution in [-0.4, -0.2) is 22.2 Å². The zero-order chi connectivity index (χ0) is 15.8. The zero-order valence-corrected chi connectivity index (χ0v) is 13.6. The highest BCUT2D eigenvalue weighted by Gasteiger charge is 2.55. The van der Waals surface area contributed by atoms with Crippen molar-refractivity contribution in [2.75, 3.05) is 5.32 Å². The number of anilines is 1. The Bertz CT molecular complexity index is 588. The summed E-state index contributed by atoms with van der Waals surface area (Å²) in [4.78, 5) is 0. The van der Waals surface area contributed by atoms with Crippen LogP contribution in [0.5, 0.6) is 0 Å². The van der Waals surface area contributed by atoms with Gasteiger partial charge in [0.05, 0.1) is 5.69 Å². The Morgan fingerprint density at radius 3 is 2.30 bits per heavy atom. The first-order chi connectivity index (χ1) is 11.0. The van der Waals surface area contributed by atoms with Crippen LogP contribution >= 0.6 is 0 Å². The third-order valence-electron chi connectivity index (χ3n) is 7.09. The predicted molar refractivity (Wildman–Crippen MR) is 84.6 cm³/mol. The second kappa shape index (κ2) is 4.70. The minimum Gasteiger partial charge on any atom is -0.367 e.